The topological polar surface area (TPSA) is 45.8 Å². The van der Waals surface area contributed by atoms with Crippen molar-refractivity contribution in [2.75, 3.05) is 18.2 Å². The number of hydrogen-bond donors (Lipinski definition) is 2. The van der Waals surface area contributed by atoms with Crippen LogP contribution in [0.15, 0.2) is 66.7 Å². The summed E-state index contributed by atoms with van der Waals surface area (Å²) in [6.45, 7) is 1.72. The van der Waals surface area contributed by atoms with Crippen molar-refractivity contribution in [3.05, 3.63) is 89.2 Å². The molecule has 0 saturated carbocycles. The first-order valence-corrected chi connectivity index (χ1v) is 10.3. The molecule has 2 N–H and O–H groups in total. The fraction of sp³-hybridized carbons (Fsp3) is 0.250. The lowest BCUT2D eigenvalue weighted by molar-refractivity contribution is 0.174. The number of ether oxygens (including phenoxy) is 2. The fourth-order valence-electron chi connectivity index (χ4n) is 4.92. The molecule has 0 aromatic heterocycles. The number of rotatable bonds is 3. The highest BCUT2D eigenvalue weighted by Crippen LogP contribution is 2.49. The van der Waals surface area contributed by atoms with Crippen molar-refractivity contribution >= 4 is 5.69 Å². The number of halogens is 1. The molecule has 3 heterocycles. The molecular weight excluding hydrogens is 381 g/mol. The zero-order valence-corrected chi connectivity index (χ0v) is 16.3. The maximum absolute atomic E-state index is 13.8. The van der Waals surface area contributed by atoms with Gasteiger partial charge in [-0.05, 0) is 34.9 Å². The molecule has 152 valence electrons. The van der Waals surface area contributed by atoms with Crippen LogP contribution in [0.1, 0.15) is 28.8 Å². The van der Waals surface area contributed by atoms with Crippen molar-refractivity contribution in [2.45, 2.75) is 18.6 Å². The Kier molecular flexibility index (Phi) is 4.14. The van der Waals surface area contributed by atoms with E-state index in [-0.39, 0.29) is 24.7 Å². The average molecular weight is 403 g/mol. The normalized spacial score (nSPS) is 23.9. The number of benzene rings is 3. The van der Waals surface area contributed by atoms with Crippen LogP contribution in [0.5, 0.6) is 11.5 Å². The van der Waals surface area contributed by atoms with Gasteiger partial charge in [-0.1, -0.05) is 42.5 Å². The van der Waals surface area contributed by atoms with Crippen LogP contribution in [0.2, 0.25) is 0 Å². The molecule has 3 aromatic rings. The van der Waals surface area contributed by atoms with E-state index in [1.807, 2.05) is 12.1 Å². The fourth-order valence-corrected chi connectivity index (χ4v) is 4.92. The molecule has 3 atom stereocenters. The van der Waals surface area contributed by atoms with Crippen LogP contribution in [0.3, 0.4) is 0 Å². The van der Waals surface area contributed by atoms with Crippen molar-refractivity contribution in [3.63, 3.8) is 0 Å². The summed E-state index contributed by atoms with van der Waals surface area (Å²) >= 11 is 0. The Morgan fingerprint density at radius 3 is 2.53 bits per heavy atom. The Morgan fingerprint density at radius 1 is 0.900 bits per heavy atom. The highest BCUT2D eigenvalue weighted by molar-refractivity contribution is 5.66. The molecule has 3 aliphatic heterocycles. The number of nitrogens with one attached hydrogen (secondary N) is 2. The van der Waals surface area contributed by atoms with Crippen LogP contribution in [-0.2, 0) is 6.54 Å². The zero-order valence-electron chi connectivity index (χ0n) is 16.3. The summed E-state index contributed by atoms with van der Waals surface area (Å²) in [5, 5.41) is 0. The second-order valence-electron chi connectivity index (χ2n) is 8.09. The van der Waals surface area contributed by atoms with Crippen molar-refractivity contribution in [2.24, 2.45) is 5.92 Å². The number of nitrogens with zero attached hydrogens (tertiary/aromatic N) is 1. The van der Waals surface area contributed by atoms with Gasteiger partial charge < -0.3 is 14.4 Å². The molecule has 0 radical (unpaired) electrons. The van der Waals surface area contributed by atoms with Gasteiger partial charge in [-0.25, -0.2) is 15.2 Å². The Bertz CT molecular complexity index is 1090. The summed E-state index contributed by atoms with van der Waals surface area (Å²) in [6, 6.07) is 21.8. The summed E-state index contributed by atoms with van der Waals surface area (Å²) in [6.07, 6.45) is 0. The van der Waals surface area contributed by atoms with Crippen molar-refractivity contribution in [3.8, 4) is 11.5 Å². The van der Waals surface area contributed by atoms with E-state index in [2.05, 4.69) is 52.1 Å². The molecule has 30 heavy (non-hydrogen) atoms. The Labute approximate surface area is 174 Å². The van der Waals surface area contributed by atoms with E-state index in [9.17, 15) is 4.39 Å². The van der Waals surface area contributed by atoms with Crippen LogP contribution in [0, 0.1) is 11.7 Å². The first-order chi connectivity index (χ1) is 14.8. The van der Waals surface area contributed by atoms with Gasteiger partial charge in [0.15, 0.2) is 11.5 Å². The molecular formula is C24H22FN3O2. The van der Waals surface area contributed by atoms with E-state index in [1.165, 1.54) is 17.2 Å². The average Bonchev–Trinajstić information content (AvgIpc) is 3.40. The van der Waals surface area contributed by atoms with E-state index in [4.69, 9.17) is 9.47 Å². The maximum atomic E-state index is 13.8. The van der Waals surface area contributed by atoms with Gasteiger partial charge >= 0.3 is 0 Å². The van der Waals surface area contributed by atoms with E-state index in [0.717, 1.165) is 29.3 Å². The van der Waals surface area contributed by atoms with Gasteiger partial charge in [0.2, 0.25) is 6.79 Å². The molecule has 1 fully saturated rings. The highest BCUT2D eigenvalue weighted by Gasteiger charge is 2.44. The minimum absolute atomic E-state index is 0.156. The third-order valence-electron chi connectivity index (χ3n) is 6.30. The highest BCUT2D eigenvalue weighted by atomic mass is 19.1. The van der Waals surface area contributed by atoms with Crippen molar-refractivity contribution in [1.29, 1.82) is 0 Å². The molecule has 0 aliphatic carbocycles. The molecule has 6 rings (SSSR count). The van der Waals surface area contributed by atoms with Gasteiger partial charge in [0.25, 0.3) is 0 Å². The van der Waals surface area contributed by atoms with Gasteiger partial charge in [-0.2, -0.15) is 0 Å². The molecule has 6 heteroatoms. The predicted molar refractivity (Wildman–Crippen MR) is 112 cm³/mol. The number of hydrogen-bond acceptors (Lipinski definition) is 5. The first-order valence-electron chi connectivity index (χ1n) is 10.3. The van der Waals surface area contributed by atoms with Crippen LogP contribution < -0.4 is 25.2 Å². The Hall–Kier alpha value is -3.09. The largest absolute Gasteiger partial charge is 0.454 e. The van der Waals surface area contributed by atoms with Gasteiger partial charge in [0.05, 0.1) is 12.1 Å². The molecule has 1 saturated heterocycles. The zero-order chi connectivity index (χ0) is 20.1. The Morgan fingerprint density at radius 2 is 1.70 bits per heavy atom. The predicted octanol–water partition coefficient (Wildman–Crippen LogP) is 4.08. The van der Waals surface area contributed by atoms with Crippen LogP contribution >= 0.6 is 0 Å². The van der Waals surface area contributed by atoms with Gasteiger partial charge in [-0.15, -0.1) is 0 Å². The third kappa shape index (κ3) is 2.91. The standard InChI is InChI=1S/C24H22FN3O2/c25-17-8-4-5-15(9-17)12-28-13-19-23(16-6-2-1-3-7-16)26-27-24(19)18-10-21-22(11-20(18)28)30-14-29-21/h1-11,19,23-24,26-27H,12-14H2. The second-order valence-corrected chi connectivity index (χ2v) is 8.09. The van der Waals surface area contributed by atoms with E-state index in [0.29, 0.717) is 12.5 Å². The minimum atomic E-state index is -0.209. The quantitative estimate of drug-likeness (QED) is 0.690. The van der Waals surface area contributed by atoms with E-state index >= 15 is 0 Å². The van der Waals surface area contributed by atoms with Crippen LogP contribution in [0.4, 0.5) is 10.1 Å². The first kappa shape index (κ1) is 17.7. The number of hydrazine groups is 1. The van der Waals surface area contributed by atoms with Gasteiger partial charge in [0.1, 0.15) is 5.82 Å². The monoisotopic (exact) mass is 403 g/mol. The molecule has 0 spiro atoms. The van der Waals surface area contributed by atoms with E-state index in [1.54, 1.807) is 12.1 Å². The second kappa shape index (κ2) is 7.00. The van der Waals surface area contributed by atoms with Crippen molar-refractivity contribution < 1.29 is 13.9 Å². The lowest BCUT2D eigenvalue weighted by Crippen LogP contribution is -2.39. The molecule has 5 nitrogen and oxygen atoms in total. The summed E-state index contributed by atoms with van der Waals surface area (Å²) in [5.74, 6) is 1.65. The maximum Gasteiger partial charge on any atom is 0.231 e. The minimum Gasteiger partial charge on any atom is -0.454 e. The molecule has 3 aliphatic rings. The summed E-state index contributed by atoms with van der Waals surface area (Å²) < 4.78 is 25.1. The number of anilines is 1. The van der Waals surface area contributed by atoms with Crippen LogP contribution in [-0.4, -0.2) is 13.3 Å². The molecule has 0 amide bonds. The number of fused-ring (bicyclic) bond motifs is 4. The van der Waals surface area contributed by atoms with Gasteiger partial charge in [0, 0.05) is 30.8 Å². The van der Waals surface area contributed by atoms with Crippen molar-refractivity contribution in [1.82, 2.24) is 10.9 Å². The smallest absolute Gasteiger partial charge is 0.231 e. The Balaban J connectivity index is 1.41. The van der Waals surface area contributed by atoms with Crippen LogP contribution in [0.25, 0.3) is 0 Å². The SMILES string of the molecule is Fc1cccc(CN2CC3C(c4ccccc4)NNC3c3cc4c(cc32)OCO4)c1. The lowest BCUT2D eigenvalue weighted by atomic mass is 9.81. The molecule has 0 bridgehead atoms. The summed E-state index contributed by atoms with van der Waals surface area (Å²) in [7, 11) is 0. The third-order valence-corrected chi connectivity index (χ3v) is 6.30. The molecule has 3 unspecified atom stereocenters. The molecule has 3 aromatic carbocycles. The summed E-state index contributed by atoms with van der Waals surface area (Å²) in [4.78, 5) is 2.33. The van der Waals surface area contributed by atoms with E-state index < -0.39 is 0 Å². The van der Waals surface area contributed by atoms with Gasteiger partial charge in [-0.3, -0.25) is 0 Å². The lowest BCUT2D eigenvalue weighted by Gasteiger charge is -2.39. The summed E-state index contributed by atoms with van der Waals surface area (Å²) in [5.41, 5.74) is 11.5.